The number of aliphatic imine (C=N–C) groups is 1. The largest absolute Gasteiger partial charge is 0.493 e. The Morgan fingerprint density at radius 1 is 1.21 bits per heavy atom. The van der Waals surface area contributed by atoms with Crippen LogP contribution in [0, 0.1) is 11.3 Å². The van der Waals surface area contributed by atoms with E-state index in [4.69, 9.17) is 13.9 Å². The Morgan fingerprint density at radius 2 is 2.00 bits per heavy atom. The van der Waals surface area contributed by atoms with Crippen molar-refractivity contribution in [3.8, 4) is 17.6 Å². The van der Waals surface area contributed by atoms with Gasteiger partial charge in [0.15, 0.2) is 17.3 Å². The molecular weight excluding hydrogens is 358 g/mol. The first-order valence-electron chi connectivity index (χ1n) is 8.97. The van der Waals surface area contributed by atoms with Crippen molar-refractivity contribution in [3.05, 3.63) is 53.0 Å². The molecule has 0 saturated heterocycles. The Bertz CT molecular complexity index is 1030. The van der Waals surface area contributed by atoms with Crippen molar-refractivity contribution in [1.29, 1.82) is 5.26 Å². The predicted octanol–water partition coefficient (Wildman–Crippen LogP) is 3.42. The summed E-state index contributed by atoms with van der Waals surface area (Å²) in [5, 5.41) is 9.69. The molecule has 28 heavy (non-hydrogen) atoms. The first-order chi connectivity index (χ1) is 13.7. The smallest absolute Gasteiger partial charge is 0.314 e. The summed E-state index contributed by atoms with van der Waals surface area (Å²) in [5.41, 5.74) is 3.47. The standard InChI is InChI=1S/C21H19N3O4/c1-26-17-10-13-7-8-24-19(23-21(25)16-4-3-9-28-16)6-5-14(12-22)20(24)15(13)11-18(17)27-2/h3-4,9-11H,5-8H2,1-2H3/b23-19-. The highest BCUT2D eigenvalue weighted by Gasteiger charge is 2.32. The number of carbonyl (C=O) groups is 1. The average Bonchev–Trinajstić information content (AvgIpc) is 3.27. The number of hydrogen-bond donors (Lipinski definition) is 0. The second-order valence-electron chi connectivity index (χ2n) is 6.52. The van der Waals surface area contributed by atoms with Crippen LogP contribution in [0.1, 0.15) is 34.5 Å². The molecule has 0 unspecified atom stereocenters. The lowest BCUT2D eigenvalue weighted by Crippen LogP contribution is -2.38. The number of amidine groups is 1. The Balaban J connectivity index is 1.80. The number of hydrogen-bond acceptors (Lipinski definition) is 5. The summed E-state index contributed by atoms with van der Waals surface area (Å²) in [4.78, 5) is 18.7. The van der Waals surface area contributed by atoms with Gasteiger partial charge in [-0.3, -0.25) is 4.79 Å². The SMILES string of the molecule is COc1cc2c(cc1OC)C1=C(C#N)CC/C(=N/C(=O)c3ccco3)N1CC2. The minimum Gasteiger partial charge on any atom is -0.493 e. The zero-order chi connectivity index (χ0) is 19.7. The van der Waals surface area contributed by atoms with Gasteiger partial charge in [-0.2, -0.15) is 10.3 Å². The van der Waals surface area contributed by atoms with E-state index in [0.29, 0.717) is 42.3 Å². The number of carbonyl (C=O) groups excluding carboxylic acids is 1. The summed E-state index contributed by atoms with van der Waals surface area (Å²) in [5.74, 6) is 1.69. The first-order valence-corrected chi connectivity index (χ1v) is 8.97. The lowest BCUT2D eigenvalue weighted by molar-refractivity contribution is 0.0975. The van der Waals surface area contributed by atoms with Crippen LogP contribution >= 0.6 is 0 Å². The molecule has 0 saturated carbocycles. The number of nitrogens with zero attached hydrogens (tertiary/aromatic N) is 3. The molecule has 7 heteroatoms. The van der Waals surface area contributed by atoms with Gasteiger partial charge in [-0.15, -0.1) is 0 Å². The van der Waals surface area contributed by atoms with Crippen molar-refractivity contribution in [2.45, 2.75) is 19.3 Å². The fourth-order valence-corrected chi connectivity index (χ4v) is 3.71. The van der Waals surface area contributed by atoms with Gasteiger partial charge in [0.1, 0.15) is 5.84 Å². The molecule has 0 N–H and O–H groups in total. The summed E-state index contributed by atoms with van der Waals surface area (Å²) >= 11 is 0. The van der Waals surface area contributed by atoms with E-state index in [1.54, 1.807) is 26.4 Å². The van der Waals surface area contributed by atoms with Crippen molar-refractivity contribution < 1.29 is 18.7 Å². The molecule has 1 amide bonds. The number of furan rings is 1. The maximum absolute atomic E-state index is 12.4. The first kappa shape index (κ1) is 17.9. The number of nitriles is 1. The van der Waals surface area contributed by atoms with Crippen LogP contribution in [0.5, 0.6) is 11.5 Å². The van der Waals surface area contributed by atoms with Gasteiger partial charge in [0, 0.05) is 18.5 Å². The molecule has 142 valence electrons. The summed E-state index contributed by atoms with van der Waals surface area (Å²) in [7, 11) is 3.19. The second kappa shape index (κ2) is 7.24. The highest BCUT2D eigenvalue weighted by Crippen LogP contribution is 2.41. The van der Waals surface area contributed by atoms with Crippen LogP contribution < -0.4 is 9.47 Å². The highest BCUT2D eigenvalue weighted by molar-refractivity contribution is 6.05. The molecule has 0 spiro atoms. The van der Waals surface area contributed by atoms with E-state index < -0.39 is 5.91 Å². The Kier molecular flexibility index (Phi) is 4.62. The molecule has 1 aromatic heterocycles. The molecule has 3 heterocycles. The minimum atomic E-state index is -0.419. The van der Waals surface area contributed by atoms with E-state index in [9.17, 15) is 10.1 Å². The highest BCUT2D eigenvalue weighted by atomic mass is 16.5. The average molecular weight is 377 g/mol. The minimum absolute atomic E-state index is 0.202. The normalized spacial score (nSPS) is 17.0. The summed E-state index contributed by atoms with van der Waals surface area (Å²) in [6.07, 6.45) is 3.25. The van der Waals surface area contributed by atoms with Crippen molar-refractivity contribution in [2.24, 2.45) is 4.99 Å². The van der Waals surface area contributed by atoms with E-state index in [2.05, 4.69) is 11.1 Å². The van der Waals surface area contributed by atoms with Crippen molar-refractivity contribution in [3.63, 3.8) is 0 Å². The van der Waals surface area contributed by atoms with E-state index in [0.717, 1.165) is 23.2 Å². The summed E-state index contributed by atoms with van der Waals surface area (Å²) < 4.78 is 16.0. The molecule has 0 fully saturated rings. The molecule has 7 nitrogen and oxygen atoms in total. The second-order valence-corrected chi connectivity index (χ2v) is 6.52. The maximum atomic E-state index is 12.4. The van der Waals surface area contributed by atoms with Gasteiger partial charge in [-0.05, 0) is 42.7 Å². The zero-order valence-corrected chi connectivity index (χ0v) is 15.7. The number of methoxy groups -OCH3 is 2. The topological polar surface area (TPSA) is 88.1 Å². The molecule has 0 radical (unpaired) electrons. The molecule has 0 atom stereocenters. The van der Waals surface area contributed by atoms with Crippen molar-refractivity contribution in [2.75, 3.05) is 20.8 Å². The fraction of sp³-hybridized carbons (Fsp3) is 0.286. The molecule has 0 bridgehead atoms. The molecule has 2 aliphatic heterocycles. The van der Waals surface area contributed by atoms with Crippen molar-refractivity contribution >= 4 is 17.4 Å². The Morgan fingerprint density at radius 3 is 2.68 bits per heavy atom. The number of allylic oxidation sites excluding steroid dienone is 1. The van der Waals surface area contributed by atoms with Gasteiger partial charge in [0.25, 0.3) is 0 Å². The molecule has 2 aromatic rings. The number of rotatable bonds is 3. The molecule has 2 aliphatic rings. The lowest BCUT2D eigenvalue weighted by atomic mass is 9.89. The van der Waals surface area contributed by atoms with Gasteiger partial charge in [0.05, 0.1) is 37.8 Å². The third kappa shape index (κ3) is 2.93. The molecule has 0 aliphatic carbocycles. The quantitative estimate of drug-likeness (QED) is 0.814. The summed E-state index contributed by atoms with van der Waals surface area (Å²) in [6, 6.07) is 9.41. The third-order valence-electron chi connectivity index (χ3n) is 5.03. The number of fused-ring (bicyclic) bond motifs is 3. The van der Waals surface area contributed by atoms with Crippen LogP contribution in [-0.4, -0.2) is 37.4 Å². The lowest BCUT2D eigenvalue weighted by Gasteiger charge is -2.38. The number of ether oxygens (including phenoxy) is 2. The Hall–Kier alpha value is -3.53. The maximum Gasteiger partial charge on any atom is 0.314 e. The van der Waals surface area contributed by atoms with Gasteiger partial charge >= 0.3 is 5.91 Å². The van der Waals surface area contributed by atoms with E-state index in [1.165, 1.54) is 6.26 Å². The van der Waals surface area contributed by atoms with Crippen LogP contribution in [0.15, 0.2) is 45.5 Å². The van der Waals surface area contributed by atoms with E-state index in [-0.39, 0.29) is 5.76 Å². The van der Waals surface area contributed by atoms with Crippen molar-refractivity contribution in [1.82, 2.24) is 4.90 Å². The van der Waals surface area contributed by atoms with Gasteiger partial charge < -0.3 is 18.8 Å². The van der Waals surface area contributed by atoms with Crippen LogP contribution in [0.25, 0.3) is 5.70 Å². The van der Waals surface area contributed by atoms with Crippen LogP contribution in [0.3, 0.4) is 0 Å². The van der Waals surface area contributed by atoms with Gasteiger partial charge in [-0.1, -0.05) is 0 Å². The van der Waals surface area contributed by atoms with Crippen LogP contribution in [0.2, 0.25) is 0 Å². The molecular formula is C21H19N3O4. The summed E-state index contributed by atoms with van der Waals surface area (Å²) in [6.45, 7) is 0.632. The van der Waals surface area contributed by atoms with Gasteiger partial charge in [0.2, 0.25) is 0 Å². The predicted molar refractivity (Wildman–Crippen MR) is 102 cm³/mol. The monoisotopic (exact) mass is 377 g/mol. The molecule has 4 rings (SSSR count). The fourth-order valence-electron chi connectivity index (χ4n) is 3.71. The van der Waals surface area contributed by atoms with Crippen LogP contribution in [-0.2, 0) is 6.42 Å². The Labute approximate surface area is 162 Å². The molecule has 1 aromatic carbocycles. The number of amides is 1. The number of benzene rings is 1. The third-order valence-corrected chi connectivity index (χ3v) is 5.03. The van der Waals surface area contributed by atoms with E-state index >= 15 is 0 Å². The zero-order valence-electron chi connectivity index (χ0n) is 15.7. The van der Waals surface area contributed by atoms with Gasteiger partial charge in [-0.25, -0.2) is 0 Å². The van der Waals surface area contributed by atoms with E-state index in [1.807, 2.05) is 17.0 Å². The van der Waals surface area contributed by atoms with Crippen LogP contribution in [0.4, 0.5) is 0 Å².